The van der Waals surface area contributed by atoms with Crippen molar-refractivity contribution in [1.82, 2.24) is 14.9 Å². The molecule has 0 atom stereocenters. The van der Waals surface area contributed by atoms with Crippen LogP contribution < -0.4 is 9.80 Å². The largest absolute Gasteiger partial charge is 0.433 e. The van der Waals surface area contributed by atoms with E-state index in [2.05, 4.69) is 21.9 Å². The average Bonchev–Trinajstić information content (AvgIpc) is 2.54. The number of rotatable bonds is 2. The molecule has 6 nitrogen and oxygen atoms in total. The van der Waals surface area contributed by atoms with Gasteiger partial charge in [0.1, 0.15) is 5.82 Å². The average molecular weight is 359 g/mol. The number of hydrogen-bond donors (Lipinski definition) is 0. The summed E-state index contributed by atoms with van der Waals surface area (Å²) in [7, 11) is 5.34. The molecule has 0 radical (unpaired) electrons. The van der Waals surface area contributed by atoms with Crippen molar-refractivity contribution >= 4 is 11.8 Å². The minimum atomic E-state index is -4.49. The van der Waals surface area contributed by atoms with Gasteiger partial charge in [-0.2, -0.15) is 18.2 Å². The minimum absolute atomic E-state index is 0.0683. The first-order chi connectivity index (χ1) is 11.7. The maximum absolute atomic E-state index is 13.2. The standard InChI is InChI=1S/C16H24F3N5O/c1-22(2)14-20-12(16(17,18)19)10-13(21-14)24-6-4-15(5-7-24)11-23(3)8-9-25-15/h10H,4-9,11H2,1-3H3. The summed E-state index contributed by atoms with van der Waals surface area (Å²) in [6, 6.07) is 1.04. The van der Waals surface area contributed by atoms with Crippen molar-refractivity contribution in [2.24, 2.45) is 0 Å². The summed E-state index contributed by atoms with van der Waals surface area (Å²) in [6.07, 6.45) is -2.94. The molecule has 0 N–H and O–H groups in total. The number of halogens is 3. The summed E-state index contributed by atoms with van der Waals surface area (Å²) in [6.45, 7) is 3.72. The lowest BCUT2D eigenvalue weighted by Gasteiger charge is -2.46. The number of ether oxygens (including phenoxy) is 1. The second kappa shape index (κ2) is 6.60. The van der Waals surface area contributed by atoms with Gasteiger partial charge in [0.2, 0.25) is 5.95 Å². The number of likely N-dealkylation sites (N-methyl/N-ethyl adjacent to an activating group) is 1. The highest BCUT2D eigenvalue weighted by Crippen LogP contribution is 2.34. The monoisotopic (exact) mass is 359 g/mol. The van der Waals surface area contributed by atoms with Gasteiger partial charge in [-0.1, -0.05) is 0 Å². The van der Waals surface area contributed by atoms with Crippen LogP contribution in [-0.4, -0.2) is 74.4 Å². The molecule has 1 aromatic rings. The number of hydrogen-bond acceptors (Lipinski definition) is 6. The number of aromatic nitrogens is 2. The van der Waals surface area contributed by atoms with E-state index in [-0.39, 0.29) is 11.5 Å². The molecule has 0 aromatic carbocycles. The summed E-state index contributed by atoms with van der Waals surface area (Å²) in [5.74, 6) is 0.392. The van der Waals surface area contributed by atoms with Crippen LogP contribution in [0, 0.1) is 0 Å². The maximum atomic E-state index is 13.2. The highest BCUT2D eigenvalue weighted by Gasteiger charge is 2.40. The van der Waals surface area contributed by atoms with Crippen LogP contribution in [0.4, 0.5) is 24.9 Å². The molecule has 25 heavy (non-hydrogen) atoms. The fourth-order valence-electron chi connectivity index (χ4n) is 3.41. The molecule has 0 amide bonds. The van der Waals surface area contributed by atoms with E-state index in [1.807, 2.05) is 4.90 Å². The maximum Gasteiger partial charge on any atom is 0.433 e. The third-order valence-corrected chi connectivity index (χ3v) is 4.83. The molecule has 0 bridgehead atoms. The SMILES string of the molecule is CN1CCOC2(CCN(c3cc(C(F)(F)F)nc(N(C)C)n3)CC2)C1. The zero-order valence-electron chi connectivity index (χ0n) is 14.8. The number of alkyl halides is 3. The van der Waals surface area contributed by atoms with Crippen LogP contribution in [0.3, 0.4) is 0 Å². The van der Waals surface area contributed by atoms with E-state index < -0.39 is 11.9 Å². The molecule has 3 rings (SSSR count). The third kappa shape index (κ3) is 3.98. The normalized spacial score (nSPS) is 21.6. The number of piperidine rings is 1. The van der Waals surface area contributed by atoms with Gasteiger partial charge in [0.05, 0.1) is 12.2 Å². The van der Waals surface area contributed by atoms with E-state index >= 15 is 0 Å². The number of nitrogens with zero attached hydrogens (tertiary/aromatic N) is 5. The lowest BCUT2D eigenvalue weighted by molar-refractivity contribution is -0.141. The highest BCUT2D eigenvalue weighted by atomic mass is 19.4. The van der Waals surface area contributed by atoms with Gasteiger partial charge >= 0.3 is 6.18 Å². The van der Waals surface area contributed by atoms with Crippen molar-refractivity contribution in [2.45, 2.75) is 24.6 Å². The van der Waals surface area contributed by atoms with Crippen LogP contribution in [0.2, 0.25) is 0 Å². The Kier molecular flexibility index (Phi) is 4.80. The Labute approximate surface area is 145 Å². The summed E-state index contributed by atoms with van der Waals surface area (Å²) in [4.78, 5) is 13.6. The third-order valence-electron chi connectivity index (χ3n) is 4.83. The molecule has 1 spiro atoms. The molecule has 2 aliphatic rings. The van der Waals surface area contributed by atoms with Gasteiger partial charge in [0, 0.05) is 46.3 Å². The van der Waals surface area contributed by atoms with Gasteiger partial charge in [-0.25, -0.2) is 4.98 Å². The van der Waals surface area contributed by atoms with Crippen LogP contribution in [-0.2, 0) is 10.9 Å². The Morgan fingerprint density at radius 2 is 1.84 bits per heavy atom. The van der Waals surface area contributed by atoms with E-state index in [4.69, 9.17) is 4.74 Å². The number of morpholine rings is 1. The molecule has 0 unspecified atom stereocenters. The van der Waals surface area contributed by atoms with Gasteiger partial charge in [0.15, 0.2) is 5.69 Å². The smallest absolute Gasteiger partial charge is 0.372 e. The van der Waals surface area contributed by atoms with Crippen molar-refractivity contribution in [1.29, 1.82) is 0 Å². The number of anilines is 2. The van der Waals surface area contributed by atoms with Gasteiger partial charge < -0.3 is 19.4 Å². The zero-order chi connectivity index (χ0) is 18.2. The van der Waals surface area contributed by atoms with Crippen LogP contribution in [0.5, 0.6) is 0 Å². The van der Waals surface area contributed by atoms with Crippen molar-refractivity contribution in [2.75, 3.05) is 63.7 Å². The Morgan fingerprint density at radius 3 is 2.40 bits per heavy atom. The Balaban J connectivity index is 1.79. The predicted octanol–water partition coefficient (Wildman–Crippen LogP) is 1.86. The fraction of sp³-hybridized carbons (Fsp3) is 0.750. The molecule has 9 heteroatoms. The van der Waals surface area contributed by atoms with Gasteiger partial charge in [-0.05, 0) is 19.9 Å². The van der Waals surface area contributed by atoms with Crippen molar-refractivity contribution in [3.63, 3.8) is 0 Å². The van der Waals surface area contributed by atoms with E-state index in [0.29, 0.717) is 25.5 Å². The molecular weight excluding hydrogens is 335 g/mol. The summed E-state index contributed by atoms with van der Waals surface area (Å²) in [5, 5.41) is 0. The van der Waals surface area contributed by atoms with Crippen LogP contribution in [0.25, 0.3) is 0 Å². The Bertz CT molecular complexity index is 614. The highest BCUT2D eigenvalue weighted by molar-refractivity contribution is 5.46. The Morgan fingerprint density at radius 1 is 1.16 bits per heavy atom. The molecule has 1 aromatic heterocycles. The van der Waals surface area contributed by atoms with Gasteiger partial charge in [0.25, 0.3) is 0 Å². The lowest BCUT2D eigenvalue weighted by Crippen LogP contribution is -2.56. The lowest BCUT2D eigenvalue weighted by atomic mass is 9.89. The minimum Gasteiger partial charge on any atom is -0.372 e. The molecule has 2 aliphatic heterocycles. The van der Waals surface area contributed by atoms with Crippen LogP contribution >= 0.6 is 0 Å². The van der Waals surface area contributed by atoms with Crippen LogP contribution in [0.15, 0.2) is 6.07 Å². The van der Waals surface area contributed by atoms with E-state index in [1.165, 1.54) is 4.90 Å². The second-order valence-corrected chi connectivity index (χ2v) is 7.06. The fourth-order valence-corrected chi connectivity index (χ4v) is 3.41. The first kappa shape index (κ1) is 18.2. The second-order valence-electron chi connectivity index (χ2n) is 7.06. The van der Waals surface area contributed by atoms with E-state index in [9.17, 15) is 13.2 Å². The molecule has 2 saturated heterocycles. The van der Waals surface area contributed by atoms with E-state index in [0.717, 1.165) is 32.0 Å². The summed E-state index contributed by atoms with van der Waals surface area (Å²) < 4.78 is 45.5. The summed E-state index contributed by atoms with van der Waals surface area (Å²) in [5.41, 5.74) is -1.09. The molecule has 0 aliphatic carbocycles. The molecule has 0 saturated carbocycles. The first-order valence-electron chi connectivity index (χ1n) is 8.40. The molecule has 3 heterocycles. The first-order valence-corrected chi connectivity index (χ1v) is 8.40. The zero-order valence-corrected chi connectivity index (χ0v) is 14.8. The Hall–Kier alpha value is -1.61. The van der Waals surface area contributed by atoms with Gasteiger partial charge in [-0.15, -0.1) is 0 Å². The quantitative estimate of drug-likeness (QED) is 0.803. The van der Waals surface area contributed by atoms with Crippen molar-refractivity contribution in [3.05, 3.63) is 11.8 Å². The molecular formula is C16H24F3N5O. The topological polar surface area (TPSA) is 44.7 Å². The summed E-state index contributed by atoms with van der Waals surface area (Å²) >= 11 is 0. The van der Waals surface area contributed by atoms with Crippen molar-refractivity contribution in [3.8, 4) is 0 Å². The van der Waals surface area contributed by atoms with Crippen LogP contribution in [0.1, 0.15) is 18.5 Å². The molecule has 140 valence electrons. The predicted molar refractivity (Wildman–Crippen MR) is 89.0 cm³/mol. The van der Waals surface area contributed by atoms with Crippen molar-refractivity contribution < 1.29 is 17.9 Å². The van der Waals surface area contributed by atoms with E-state index in [1.54, 1.807) is 14.1 Å². The van der Waals surface area contributed by atoms with Gasteiger partial charge in [-0.3, -0.25) is 0 Å². The molecule has 2 fully saturated rings.